The van der Waals surface area contributed by atoms with Crippen molar-refractivity contribution in [1.29, 1.82) is 0 Å². The van der Waals surface area contributed by atoms with Crippen LogP contribution in [0.5, 0.6) is 5.75 Å². The standard InChI is InChI=1S/C25H26F3N3O2/c1-33-19-5-7-23-20(12-19)25(22(28)13-30-23)24(32)14-29-18-8-10-31(15-18)9-2-3-16-11-17(26)4-6-21(16)27/h2-7,11-13,18,24,29,32H,8-10,14-15H2,1H3. The number of pyridine rings is 1. The number of nitrogens with one attached hydrogen (secondary N) is 1. The summed E-state index contributed by atoms with van der Waals surface area (Å²) in [6, 6.07) is 8.65. The number of hydrogen-bond acceptors (Lipinski definition) is 5. The fraction of sp³-hybridized carbons (Fsp3) is 0.320. The third kappa shape index (κ3) is 5.52. The molecule has 1 aromatic heterocycles. The maximum atomic E-state index is 14.5. The van der Waals surface area contributed by atoms with Crippen LogP contribution in [0.4, 0.5) is 13.2 Å². The van der Waals surface area contributed by atoms with Crippen molar-refractivity contribution in [3.63, 3.8) is 0 Å². The van der Waals surface area contributed by atoms with E-state index in [0.717, 1.165) is 37.8 Å². The SMILES string of the molecule is COc1ccc2ncc(F)c(C(O)CNC3CCN(CC=Cc4cc(F)ccc4F)C3)c2c1. The minimum absolute atomic E-state index is 0.129. The number of hydrogen-bond donors (Lipinski definition) is 2. The molecule has 2 heterocycles. The van der Waals surface area contributed by atoms with Gasteiger partial charge in [-0.15, -0.1) is 0 Å². The summed E-state index contributed by atoms with van der Waals surface area (Å²) in [5.41, 5.74) is 0.997. The van der Waals surface area contributed by atoms with Crippen LogP contribution in [0.2, 0.25) is 0 Å². The van der Waals surface area contributed by atoms with Crippen molar-refractivity contribution in [2.75, 3.05) is 33.3 Å². The fourth-order valence-corrected chi connectivity index (χ4v) is 4.15. The monoisotopic (exact) mass is 457 g/mol. The highest BCUT2D eigenvalue weighted by Crippen LogP contribution is 2.29. The highest BCUT2D eigenvalue weighted by molar-refractivity contribution is 5.84. The van der Waals surface area contributed by atoms with Crippen LogP contribution in [0, 0.1) is 17.5 Å². The van der Waals surface area contributed by atoms with Gasteiger partial charge in [0.25, 0.3) is 0 Å². The van der Waals surface area contributed by atoms with Gasteiger partial charge in [0.1, 0.15) is 23.2 Å². The van der Waals surface area contributed by atoms with Crippen molar-refractivity contribution < 1.29 is 23.0 Å². The van der Waals surface area contributed by atoms with Gasteiger partial charge in [-0.05, 0) is 42.8 Å². The van der Waals surface area contributed by atoms with Crippen molar-refractivity contribution in [3.05, 3.63) is 77.2 Å². The molecule has 1 aliphatic rings. The Labute approximate surface area is 190 Å². The molecule has 1 saturated heterocycles. The largest absolute Gasteiger partial charge is 0.497 e. The molecule has 0 radical (unpaired) electrons. The summed E-state index contributed by atoms with van der Waals surface area (Å²) < 4.78 is 46.8. The molecule has 4 rings (SSSR count). The Bertz CT molecular complexity index is 1160. The molecule has 2 N–H and O–H groups in total. The van der Waals surface area contributed by atoms with Gasteiger partial charge >= 0.3 is 0 Å². The molecule has 2 unspecified atom stereocenters. The third-order valence-corrected chi connectivity index (χ3v) is 5.89. The van der Waals surface area contributed by atoms with E-state index >= 15 is 0 Å². The molecule has 1 aliphatic heterocycles. The first kappa shape index (κ1) is 23.2. The summed E-state index contributed by atoms with van der Waals surface area (Å²) in [5.74, 6) is -0.935. The Morgan fingerprint density at radius 3 is 2.88 bits per heavy atom. The van der Waals surface area contributed by atoms with Gasteiger partial charge < -0.3 is 15.2 Å². The van der Waals surface area contributed by atoms with E-state index in [1.165, 1.54) is 13.2 Å². The van der Waals surface area contributed by atoms with Crippen LogP contribution in [0.1, 0.15) is 23.7 Å². The first-order chi connectivity index (χ1) is 15.9. The molecule has 2 atom stereocenters. The Hall–Kier alpha value is -2.94. The van der Waals surface area contributed by atoms with E-state index in [-0.39, 0.29) is 23.7 Å². The Kier molecular flexibility index (Phi) is 7.27. The molecule has 0 bridgehead atoms. The molecular formula is C25H26F3N3O2. The number of rotatable bonds is 8. The van der Waals surface area contributed by atoms with E-state index in [1.807, 2.05) is 0 Å². The smallest absolute Gasteiger partial charge is 0.147 e. The Morgan fingerprint density at radius 1 is 1.21 bits per heavy atom. The van der Waals surface area contributed by atoms with Gasteiger partial charge in [0.2, 0.25) is 0 Å². The predicted octanol–water partition coefficient (Wildman–Crippen LogP) is 4.07. The summed E-state index contributed by atoms with van der Waals surface area (Å²) in [7, 11) is 1.53. The number of fused-ring (bicyclic) bond motifs is 1. The van der Waals surface area contributed by atoms with Crippen molar-refractivity contribution >= 4 is 17.0 Å². The zero-order chi connectivity index (χ0) is 23.4. The molecule has 0 spiro atoms. The molecule has 8 heteroatoms. The molecular weight excluding hydrogens is 431 g/mol. The van der Waals surface area contributed by atoms with E-state index in [0.29, 0.717) is 23.2 Å². The highest BCUT2D eigenvalue weighted by Gasteiger charge is 2.24. The van der Waals surface area contributed by atoms with E-state index in [9.17, 15) is 18.3 Å². The van der Waals surface area contributed by atoms with E-state index < -0.39 is 23.6 Å². The van der Waals surface area contributed by atoms with E-state index in [2.05, 4.69) is 15.2 Å². The normalized spacial score (nSPS) is 17.8. The molecule has 0 aliphatic carbocycles. The molecule has 174 valence electrons. The molecule has 3 aromatic rings. The van der Waals surface area contributed by atoms with E-state index in [4.69, 9.17) is 4.74 Å². The first-order valence-corrected chi connectivity index (χ1v) is 10.8. The second-order valence-corrected chi connectivity index (χ2v) is 8.14. The molecule has 2 aromatic carbocycles. The zero-order valence-electron chi connectivity index (χ0n) is 18.3. The van der Waals surface area contributed by atoms with Crippen molar-refractivity contribution in [2.24, 2.45) is 0 Å². The number of likely N-dealkylation sites (tertiary alicyclic amines) is 1. The number of ether oxygens (including phenoxy) is 1. The highest BCUT2D eigenvalue weighted by atomic mass is 19.1. The number of aliphatic hydroxyl groups excluding tert-OH is 1. The molecule has 5 nitrogen and oxygen atoms in total. The quantitative estimate of drug-likeness (QED) is 0.534. The lowest BCUT2D eigenvalue weighted by molar-refractivity contribution is 0.167. The summed E-state index contributed by atoms with van der Waals surface area (Å²) in [5, 5.41) is 14.6. The van der Waals surface area contributed by atoms with Crippen molar-refractivity contribution in [2.45, 2.75) is 18.6 Å². The van der Waals surface area contributed by atoms with Crippen LogP contribution in [-0.2, 0) is 0 Å². The van der Waals surface area contributed by atoms with Crippen molar-refractivity contribution in [3.8, 4) is 5.75 Å². The van der Waals surface area contributed by atoms with Gasteiger partial charge in [0.15, 0.2) is 0 Å². The van der Waals surface area contributed by atoms with Gasteiger partial charge in [-0.25, -0.2) is 13.2 Å². The third-order valence-electron chi connectivity index (χ3n) is 5.89. The van der Waals surface area contributed by atoms with Crippen LogP contribution in [0.25, 0.3) is 17.0 Å². The Balaban J connectivity index is 1.33. The number of methoxy groups -OCH3 is 1. The predicted molar refractivity (Wildman–Crippen MR) is 121 cm³/mol. The number of halogens is 3. The van der Waals surface area contributed by atoms with Crippen LogP contribution >= 0.6 is 0 Å². The number of nitrogens with zero attached hydrogens (tertiary/aromatic N) is 2. The lowest BCUT2D eigenvalue weighted by atomic mass is 10.0. The lowest BCUT2D eigenvalue weighted by Gasteiger charge is -2.19. The van der Waals surface area contributed by atoms with Crippen LogP contribution in [0.15, 0.2) is 48.7 Å². The first-order valence-electron chi connectivity index (χ1n) is 10.8. The molecule has 1 fully saturated rings. The topological polar surface area (TPSA) is 57.6 Å². The second-order valence-electron chi connectivity index (χ2n) is 8.14. The summed E-state index contributed by atoms with van der Waals surface area (Å²) >= 11 is 0. The zero-order valence-corrected chi connectivity index (χ0v) is 18.3. The number of aliphatic hydroxyl groups is 1. The Morgan fingerprint density at radius 2 is 2.06 bits per heavy atom. The average Bonchev–Trinajstić information content (AvgIpc) is 3.27. The summed E-state index contributed by atoms with van der Waals surface area (Å²) in [4.78, 5) is 6.26. The van der Waals surface area contributed by atoms with Gasteiger partial charge in [-0.3, -0.25) is 9.88 Å². The van der Waals surface area contributed by atoms with E-state index in [1.54, 1.807) is 30.4 Å². The van der Waals surface area contributed by atoms with Gasteiger partial charge in [-0.1, -0.05) is 12.2 Å². The maximum Gasteiger partial charge on any atom is 0.147 e. The second kappa shape index (κ2) is 10.3. The minimum atomic E-state index is -1.05. The van der Waals surface area contributed by atoms with Crippen LogP contribution in [0.3, 0.4) is 0 Å². The fourth-order valence-electron chi connectivity index (χ4n) is 4.15. The van der Waals surface area contributed by atoms with Crippen LogP contribution < -0.4 is 10.1 Å². The summed E-state index contributed by atoms with van der Waals surface area (Å²) in [6.45, 7) is 2.35. The molecule has 33 heavy (non-hydrogen) atoms. The summed E-state index contributed by atoms with van der Waals surface area (Å²) in [6.07, 6.45) is 4.32. The van der Waals surface area contributed by atoms with Crippen molar-refractivity contribution in [1.82, 2.24) is 15.2 Å². The van der Waals surface area contributed by atoms with Crippen LogP contribution in [-0.4, -0.2) is 54.3 Å². The average molecular weight is 457 g/mol. The maximum absolute atomic E-state index is 14.5. The molecule has 0 saturated carbocycles. The number of aromatic nitrogens is 1. The van der Waals surface area contributed by atoms with Gasteiger partial charge in [0, 0.05) is 48.7 Å². The van der Waals surface area contributed by atoms with Gasteiger partial charge in [0.05, 0.1) is 24.9 Å². The van der Waals surface area contributed by atoms with Gasteiger partial charge in [-0.2, -0.15) is 0 Å². The molecule has 0 amide bonds. The number of benzene rings is 2. The minimum Gasteiger partial charge on any atom is -0.497 e. The lowest BCUT2D eigenvalue weighted by Crippen LogP contribution is -2.35.